The second kappa shape index (κ2) is 9.04. The molecule has 1 fully saturated rings. The van der Waals surface area contributed by atoms with Crippen molar-refractivity contribution in [2.75, 3.05) is 13.1 Å². The van der Waals surface area contributed by atoms with E-state index in [2.05, 4.69) is 52.3 Å². The Morgan fingerprint density at radius 3 is 1.95 bits per heavy atom. The van der Waals surface area contributed by atoms with Crippen molar-refractivity contribution >= 4 is 24.8 Å². The highest BCUT2D eigenvalue weighted by Crippen LogP contribution is 2.30. The maximum Gasteiger partial charge on any atom is 0.0602 e. The van der Waals surface area contributed by atoms with Gasteiger partial charge in [-0.15, -0.1) is 24.8 Å². The van der Waals surface area contributed by atoms with Gasteiger partial charge in [-0.2, -0.15) is 0 Å². The summed E-state index contributed by atoms with van der Waals surface area (Å²) in [6.07, 6.45) is 7.79. The van der Waals surface area contributed by atoms with E-state index < -0.39 is 0 Å². The van der Waals surface area contributed by atoms with E-state index in [0.717, 1.165) is 0 Å². The molecule has 3 rings (SSSR count). The Kier molecular flexibility index (Phi) is 7.73. The van der Waals surface area contributed by atoms with Crippen molar-refractivity contribution in [3.05, 3.63) is 66.0 Å². The van der Waals surface area contributed by atoms with Gasteiger partial charge in [-0.25, -0.2) is 0 Å². The molecule has 1 aliphatic rings. The summed E-state index contributed by atoms with van der Waals surface area (Å²) in [5.74, 6) is 0. The number of likely N-dealkylation sites (tertiary alicyclic amines) is 1. The molecule has 1 unspecified atom stereocenters. The number of benzene rings is 1. The van der Waals surface area contributed by atoms with E-state index in [1.807, 2.05) is 12.4 Å². The number of pyridine rings is 1. The van der Waals surface area contributed by atoms with E-state index in [-0.39, 0.29) is 24.8 Å². The molecule has 0 N–H and O–H groups in total. The van der Waals surface area contributed by atoms with Crippen LogP contribution in [-0.2, 0) is 0 Å². The van der Waals surface area contributed by atoms with Gasteiger partial charge in [0.25, 0.3) is 0 Å². The van der Waals surface area contributed by atoms with Crippen LogP contribution in [0, 0.1) is 0 Å². The van der Waals surface area contributed by atoms with Gasteiger partial charge in [0.15, 0.2) is 0 Å². The van der Waals surface area contributed by atoms with Gasteiger partial charge in [-0.3, -0.25) is 9.88 Å². The van der Waals surface area contributed by atoms with Gasteiger partial charge in [0.2, 0.25) is 0 Å². The van der Waals surface area contributed by atoms with Crippen molar-refractivity contribution < 1.29 is 0 Å². The Bertz CT molecular complexity index is 459. The van der Waals surface area contributed by atoms with Gasteiger partial charge in [0.1, 0.15) is 0 Å². The van der Waals surface area contributed by atoms with Crippen LogP contribution < -0.4 is 0 Å². The first-order valence-electron chi connectivity index (χ1n) is 7.14. The molecule has 0 bridgehead atoms. The molecule has 21 heavy (non-hydrogen) atoms. The van der Waals surface area contributed by atoms with Crippen molar-refractivity contribution in [3.8, 4) is 0 Å². The van der Waals surface area contributed by atoms with Crippen molar-refractivity contribution in [2.24, 2.45) is 0 Å². The molecule has 0 radical (unpaired) electrons. The SMILES string of the molecule is Cl.Cl.c1ccc(C(c2ccncc2)N2CCCCC2)cc1. The summed E-state index contributed by atoms with van der Waals surface area (Å²) in [6, 6.07) is 15.5. The van der Waals surface area contributed by atoms with Gasteiger partial charge in [0, 0.05) is 12.4 Å². The predicted octanol–water partition coefficient (Wildman–Crippen LogP) is 4.50. The summed E-state index contributed by atoms with van der Waals surface area (Å²) in [7, 11) is 0. The first kappa shape index (κ1) is 18.0. The van der Waals surface area contributed by atoms with Crippen LogP contribution in [0.1, 0.15) is 36.4 Å². The van der Waals surface area contributed by atoms with Gasteiger partial charge >= 0.3 is 0 Å². The number of piperidine rings is 1. The molecule has 0 amide bonds. The Morgan fingerprint density at radius 2 is 1.33 bits per heavy atom. The summed E-state index contributed by atoms with van der Waals surface area (Å²) in [4.78, 5) is 6.75. The van der Waals surface area contributed by atoms with E-state index in [1.54, 1.807) is 0 Å². The average molecular weight is 325 g/mol. The number of hydrogen-bond donors (Lipinski definition) is 0. The molecule has 114 valence electrons. The average Bonchev–Trinajstić information content (AvgIpc) is 2.51. The smallest absolute Gasteiger partial charge is 0.0602 e. The summed E-state index contributed by atoms with van der Waals surface area (Å²) in [6.45, 7) is 2.39. The highest BCUT2D eigenvalue weighted by atomic mass is 35.5. The van der Waals surface area contributed by atoms with Crippen LogP contribution >= 0.6 is 24.8 Å². The minimum atomic E-state index is 0. The number of rotatable bonds is 3. The van der Waals surface area contributed by atoms with Crippen molar-refractivity contribution in [3.63, 3.8) is 0 Å². The van der Waals surface area contributed by atoms with E-state index in [9.17, 15) is 0 Å². The molecule has 2 nitrogen and oxygen atoms in total. The normalized spacial score (nSPS) is 16.4. The van der Waals surface area contributed by atoms with Gasteiger partial charge in [-0.05, 0) is 49.2 Å². The summed E-state index contributed by atoms with van der Waals surface area (Å²) >= 11 is 0. The Morgan fingerprint density at radius 1 is 0.762 bits per heavy atom. The van der Waals surface area contributed by atoms with Gasteiger partial charge in [0.05, 0.1) is 6.04 Å². The second-order valence-electron chi connectivity index (χ2n) is 5.19. The lowest BCUT2D eigenvalue weighted by Gasteiger charge is -2.35. The minimum absolute atomic E-state index is 0. The van der Waals surface area contributed by atoms with Crippen LogP contribution in [0.25, 0.3) is 0 Å². The zero-order chi connectivity index (χ0) is 12.9. The first-order chi connectivity index (χ1) is 9.45. The maximum absolute atomic E-state index is 4.15. The fourth-order valence-electron chi connectivity index (χ4n) is 2.97. The molecule has 1 aliphatic heterocycles. The summed E-state index contributed by atoms with van der Waals surface area (Å²) in [5, 5.41) is 0. The lowest BCUT2D eigenvalue weighted by atomic mass is 9.96. The minimum Gasteiger partial charge on any atom is -0.292 e. The molecule has 1 aromatic carbocycles. The fraction of sp³-hybridized carbons (Fsp3) is 0.353. The lowest BCUT2D eigenvalue weighted by Crippen LogP contribution is -2.34. The van der Waals surface area contributed by atoms with Gasteiger partial charge < -0.3 is 0 Å². The van der Waals surface area contributed by atoms with Crippen molar-refractivity contribution in [2.45, 2.75) is 25.3 Å². The molecular formula is C17H22Cl2N2. The molecule has 4 heteroatoms. The van der Waals surface area contributed by atoms with Gasteiger partial charge in [-0.1, -0.05) is 36.8 Å². The molecule has 1 aromatic heterocycles. The highest BCUT2D eigenvalue weighted by Gasteiger charge is 2.23. The third-order valence-electron chi connectivity index (χ3n) is 3.89. The molecule has 2 aromatic rings. The summed E-state index contributed by atoms with van der Waals surface area (Å²) < 4.78 is 0. The quantitative estimate of drug-likeness (QED) is 0.826. The number of aromatic nitrogens is 1. The van der Waals surface area contributed by atoms with Crippen LogP contribution in [0.15, 0.2) is 54.9 Å². The van der Waals surface area contributed by atoms with Crippen LogP contribution in [0.2, 0.25) is 0 Å². The molecule has 0 aliphatic carbocycles. The topological polar surface area (TPSA) is 16.1 Å². The monoisotopic (exact) mass is 324 g/mol. The number of halogens is 2. The molecule has 1 atom stereocenters. The number of hydrogen-bond acceptors (Lipinski definition) is 2. The Balaban J connectivity index is 0.00000110. The van der Waals surface area contributed by atoms with Crippen molar-refractivity contribution in [1.29, 1.82) is 0 Å². The highest BCUT2D eigenvalue weighted by molar-refractivity contribution is 5.85. The molecule has 0 saturated carbocycles. The molecule has 1 saturated heterocycles. The first-order valence-corrected chi connectivity index (χ1v) is 7.14. The van der Waals surface area contributed by atoms with Crippen LogP contribution in [-0.4, -0.2) is 23.0 Å². The van der Waals surface area contributed by atoms with E-state index in [4.69, 9.17) is 0 Å². The van der Waals surface area contributed by atoms with Crippen molar-refractivity contribution in [1.82, 2.24) is 9.88 Å². The van der Waals surface area contributed by atoms with Crippen LogP contribution in [0.4, 0.5) is 0 Å². The zero-order valence-corrected chi connectivity index (χ0v) is 13.7. The van der Waals surface area contributed by atoms with Crippen LogP contribution in [0.3, 0.4) is 0 Å². The third kappa shape index (κ3) is 4.44. The zero-order valence-electron chi connectivity index (χ0n) is 12.0. The van der Waals surface area contributed by atoms with E-state index >= 15 is 0 Å². The molecule has 0 spiro atoms. The molecular weight excluding hydrogens is 303 g/mol. The standard InChI is InChI=1S/C17H20N2.2ClH/c1-3-7-15(8-4-1)17(16-9-11-18-12-10-16)19-13-5-2-6-14-19;;/h1,3-4,7-12,17H,2,5-6,13-14H2;2*1H. The maximum atomic E-state index is 4.15. The third-order valence-corrected chi connectivity index (χ3v) is 3.89. The Hall–Kier alpha value is -1.09. The molecule has 2 heterocycles. The fourth-order valence-corrected chi connectivity index (χ4v) is 2.97. The van der Waals surface area contributed by atoms with E-state index in [0.29, 0.717) is 6.04 Å². The summed E-state index contributed by atoms with van der Waals surface area (Å²) in [5.41, 5.74) is 2.73. The lowest BCUT2D eigenvalue weighted by molar-refractivity contribution is 0.187. The largest absolute Gasteiger partial charge is 0.292 e. The van der Waals surface area contributed by atoms with E-state index in [1.165, 1.54) is 43.5 Å². The Labute approximate surface area is 139 Å². The second-order valence-corrected chi connectivity index (χ2v) is 5.19. The predicted molar refractivity (Wildman–Crippen MR) is 92.4 cm³/mol. The van der Waals surface area contributed by atoms with Crippen LogP contribution in [0.5, 0.6) is 0 Å². The number of nitrogens with zero attached hydrogens (tertiary/aromatic N) is 2.